The smallest absolute Gasteiger partial charge is 0.153 e. The summed E-state index contributed by atoms with van der Waals surface area (Å²) < 4.78 is 7.04. The molecule has 0 spiro atoms. The highest BCUT2D eigenvalue weighted by Gasteiger charge is 2.10. The van der Waals surface area contributed by atoms with Crippen molar-refractivity contribution in [1.29, 1.82) is 0 Å². The van der Waals surface area contributed by atoms with Gasteiger partial charge in [0.15, 0.2) is 5.82 Å². The molecule has 1 aromatic carbocycles. The maximum Gasteiger partial charge on any atom is 0.153 e. The lowest BCUT2D eigenvalue weighted by Gasteiger charge is -2.07. The van der Waals surface area contributed by atoms with Crippen LogP contribution < -0.4 is 10.5 Å². The number of methoxy groups -OCH3 is 1. The number of nitrogens with zero attached hydrogens (tertiary/aromatic N) is 3. The topological polar surface area (TPSA) is 66.0 Å². The summed E-state index contributed by atoms with van der Waals surface area (Å²) in [7, 11) is 1.67. The minimum atomic E-state index is 0.412. The fourth-order valence-corrected chi connectivity index (χ4v) is 2.33. The third-order valence-electron chi connectivity index (χ3n) is 3.45. The van der Waals surface area contributed by atoms with Gasteiger partial charge < -0.3 is 10.5 Å². The highest BCUT2D eigenvalue weighted by atomic mass is 16.5. The van der Waals surface area contributed by atoms with Gasteiger partial charge in [-0.3, -0.25) is 0 Å². The average molecular weight is 294 g/mol. The molecule has 0 unspecified atom stereocenters. The Bertz CT molecular complexity index is 735. The lowest BCUT2D eigenvalue weighted by molar-refractivity contribution is 0.414. The quantitative estimate of drug-likeness (QED) is 0.784. The van der Waals surface area contributed by atoms with Crippen LogP contribution in [0.4, 0.5) is 0 Å². The minimum Gasteiger partial charge on any atom is -0.497 e. The number of hydrogen-bond donors (Lipinski definition) is 1. The number of ether oxygens (including phenoxy) is 1. The lowest BCUT2D eigenvalue weighted by Crippen LogP contribution is -2.05. The molecule has 0 aliphatic heterocycles. The van der Waals surface area contributed by atoms with E-state index in [1.165, 1.54) is 5.56 Å². The predicted octanol–water partition coefficient (Wildman–Crippen LogP) is 2.33. The van der Waals surface area contributed by atoms with Crippen molar-refractivity contribution >= 4 is 0 Å². The molecule has 0 bridgehead atoms. The van der Waals surface area contributed by atoms with E-state index in [0.29, 0.717) is 6.54 Å². The van der Waals surface area contributed by atoms with Crippen molar-refractivity contribution in [2.24, 2.45) is 5.73 Å². The van der Waals surface area contributed by atoms with E-state index in [1.807, 2.05) is 41.1 Å². The zero-order chi connectivity index (χ0) is 15.4. The summed E-state index contributed by atoms with van der Waals surface area (Å²) in [6, 6.07) is 15.8. The van der Waals surface area contributed by atoms with Crippen LogP contribution in [0.15, 0.2) is 54.7 Å². The minimum absolute atomic E-state index is 0.412. The Morgan fingerprint density at radius 1 is 1.14 bits per heavy atom. The van der Waals surface area contributed by atoms with Gasteiger partial charge in [-0.2, -0.15) is 5.10 Å². The summed E-state index contributed by atoms with van der Waals surface area (Å²) in [5, 5.41) is 4.53. The molecular formula is C17H18N4O. The van der Waals surface area contributed by atoms with Crippen molar-refractivity contribution in [1.82, 2.24) is 14.8 Å². The van der Waals surface area contributed by atoms with Crippen LogP contribution in [0.25, 0.3) is 5.82 Å². The molecule has 0 saturated heterocycles. The molecule has 0 amide bonds. The molecule has 22 heavy (non-hydrogen) atoms. The van der Waals surface area contributed by atoms with Crippen molar-refractivity contribution < 1.29 is 4.74 Å². The summed E-state index contributed by atoms with van der Waals surface area (Å²) in [6.45, 7) is 0.412. The number of nitrogens with two attached hydrogens (primary N) is 1. The van der Waals surface area contributed by atoms with Gasteiger partial charge in [0.25, 0.3) is 0 Å². The Morgan fingerprint density at radius 3 is 2.59 bits per heavy atom. The van der Waals surface area contributed by atoms with Gasteiger partial charge in [0.2, 0.25) is 0 Å². The van der Waals surface area contributed by atoms with Crippen LogP contribution in [0.5, 0.6) is 5.75 Å². The molecule has 0 fully saturated rings. The molecule has 0 aliphatic rings. The van der Waals surface area contributed by atoms with Gasteiger partial charge in [-0.15, -0.1) is 0 Å². The molecule has 112 valence electrons. The van der Waals surface area contributed by atoms with Crippen LogP contribution in [0.3, 0.4) is 0 Å². The maximum atomic E-state index is 5.73. The molecule has 2 aromatic heterocycles. The highest BCUT2D eigenvalue weighted by molar-refractivity contribution is 5.33. The number of hydrogen-bond acceptors (Lipinski definition) is 4. The van der Waals surface area contributed by atoms with Gasteiger partial charge in [0.1, 0.15) is 5.75 Å². The molecule has 0 radical (unpaired) electrons. The Morgan fingerprint density at radius 2 is 1.95 bits per heavy atom. The summed E-state index contributed by atoms with van der Waals surface area (Å²) in [6.07, 6.45) is 2.52. The first-order valence-electron chi connectivity index (χ1n) is 7.12. The van der Waals surface area contributed by atoms with Crippen molar-refractivity contribution in [3.63, 3.8) is 0 Å². The molecule has 5 nitrogen and oxygen atoms in total. The monoisotopic (exact) mass is 294 g/mol. The van der Waals surface area contributed by atoms with Crippen molar-refractivity contribution in [3.8, 4) is 11.6 Å². The van der Waals surface area contributed by atoms with Crippen LogP contribution in [0.2, 0.25) is 0 Å². The van der Waals surface area contributed by atoms with Gasteiger partial charge in [-0.05, 0) is 35.9 Å². The zero-order valence-corrected chi connectivity index (χ0v) is 12.4. The number of benzene rings is 1. The first-order valence-corrected chi connectivity index (χ1v) is 7.12. The molecule has 3 aromatic rings. The average Bonchev–Trinajstić information content (AvgIpc) is 2.99. The third kappa shape index (κ3) is 2.99. The molecule has 0 saturated carbocycles. The second-order valence-electron chi connectivity index (χ2n) is 4.96. The molecule has 2 heterocycles. The Balaban J connectivity index is 1.93. The van der Waals surface area contributed by atoms with Gasteiger partial charge in [0, 0.05) is 19.2 Å². The Hall–Kier alpha value is -2.66. The van der Waals surface area contributed by atoms with E-state index >= 15 is 0 Å². The van der Waals surface area contributed by atoms with E-state index in [1.54, 1.807) is 13.3 Å². The van der Waals surface area contributed by atoms with E-state index in [2.05, 4.69) is 22.2 Å². The maximum absolute atomic E-state index is 5.73. The lowest BCUT2D eigenvalue weighted by atomic mass is 10.1. The fraction of sp³-hybridized carbons (Fsp3) is 0.176. The molecule has 2 N–H and O–H groups in total. The standard InChI is InChI=1S/C17H18N4O/c1-22-16-7-5-13(6-8-16)10-15-11-14(12-18)20-21(15)17-4-2-3-9-19-17/h2-9,11H,10,12,18H2,1H3. The van der Waals surface area contributed by atoms with Crippen molar-refractivity contribution in [2.75, 3.05) is 7.11 Å². The molecule has 0 atom stereocenters. The van der Waals surface area contributed by atoms with Crippen LogP contribution in [-0.4, -0.2) is 21.9 Å². The van der Waals surface area contributed by atoms with Gasteiger partial charge in [-0.25, -0.2) is 9.67 Å². The normalized spacial score (nSPS) is 10.6. The van der Waals surface area contributed by atoms with Gasteiger partial charge in [0.05, 0.1) is 18.5 Å². The SMILES string of the molecule is COc1ccc(Cc2cc(CN)nn2-c2ccccn2)cc1. The Labute approximate surface area is 129 Å². The van der Waals surface area contributed by atoms with Crippen LogP contribution >= 0.6 is 0 Å². The molecule has 3 rings (SSSR count). The molecule has 0 aliphatic carbocycles. The largest absolute Gasteiger partial charge is 0.497 e. The molecule has 5 heteroatoms. The number of aromatic nitrogens is 3. The summed E-state index contributed by atoms with van der Waals surface area (Å²) in [5.41, 5.74) is 8.83. The second kappa shape index (κ2) is 6.41. The first-order chi connectivity index (χ1) is 10.8. The van der Waals surface area contributed by atoms with E-state index in [9.17, 15) is 0 Å². The molecular weight excluding hydrogens is 276 g/mol. The van der Waals surface area contributed by atoms with Gasteiger partial charge >= 0.3 is 0 Å². The van der Waals surface area contributed by atoms with E-state index in [4.69, 9.17) is 10.5 Å². The number of rotatable bonds is 5. The van der Waals surface area contributed by atoms with Crippen LogP contribution in [0, 0.1) is 0 Å². The Kier molecular flexibility index (Phi) is 4.16. The van der Waals surface area contributed by atoms with Gasteiger partial charge in [-0.1, -0.05) is 18.2 Å². The van der Waals surface area contributed by atoms with Crippen LogP contribution in [0.1, 0.15) is 17.0 Å². The fourth-order valence-electron chi connectivity index (χ4n) is 2.33. The van der Waals surface area contributed by atoms with E-state index in [0.717, 1.165) is 29.4 Å². The number of pyridine rings is 1. The summed E-state index contributed by atoms with van der Waals surface area (Å²) in [5.74, 6) is 1.65. The van der Waals surface area contributed by atoms with Crippen molar-refractivity contribution in [2.45, 2.75) is 13.0 Å². The van der Waals surface area contributed by atoms with E-state index in [-0.39, 0.29) is 0 Å². The third-order valence-corrected chi connectivity index (χ3v) is 3.45. The predicted molar refractivity (Wildman–Crippen MR) is 85.1 cm³/mol. The van der Waals surface area contributed by atoms with Crippen LogP contribution in [-0.2, 0) is 13.0 Å². The highest BCUT2D eigenvalue weighted by Crippen LogP contribution is 2.17. The second-order valence-corrected chi connectivity index (χ2v) is 4.96. The zero-order valence-electron chi connectivity index (χ0n) is 12.4. The summed E-state index contributed by atoms with van der Waals surface area (Å²) >= 11 is 0. The summed E-state index contributed by atoms with van der Waals surface area (Å²) in [4.78, 5) is 4.37. The van der Waals surface area contributed by atoms with Crippen molar-refractivity contribution in [3.05, 3.63) is 71.7 Å². The first kappa shape index (κ1) is 14.3. The van der Waals surface area contributed by atoms with E-state index < -0.39 is 0 Å².